The van der Waals surface area contributed by atoms with Crippen LogP contribution in [0, 0.1) is 23.7 Å². The monoisotopic (exact) mass is 540 g/mol. The van der Waals surface area contributed by atoms with Crippen molar-refractivity contribution in [3.8, 4) is 17.6 Å². The van der Waals surface area contributed by atoms with E-state index in [0.717, 1.165) is 30.6 Å². The molecule has 0 unspecified atom stereocenters. The minimum atomic E-state index is -2.01. The minimum absolute atomic E-state index is 0.0423. The average molecular weight is 541 g/mol. The Balaban J connectivity index is 1.86. The molecule has 1 N–H and O–H groups in total. The highest BCUT2D eigenvalue weighted by Gasteiger charge is 2.52. The molecule has 6 heteroatoms. The Morgan fingerprint density at radius 2 is 2.05 bits per heavy atom. The molecule has 3 rings (SSSR count). The quantitative estimate of drug-likeness (QED) is 0.145. The number of hydrogen-bond acceptors (Lipinski definition) is 5. The summed E-state index contributed by atoms with van der Waals surface area (Å²) in [6.45, 7) is 17.5. The van der Waals surface area contributed by atoms with Gasteiger partial charge in [0.2, 0.25) is 0 Å². The van der Waals surface area contributed by atoms with Crippen LogP contribution in [-0.4, -0.2) is 44.3 Å². The summed E-state index contributed by atoms with van der Waals surface area (Å²) in [5, 5.41) is 11.0. The maximum Gasteiger partial charge on any atom is 0.305 e. The second-order valence-electron chi connectivity index (χ2n) is 12.4. The van der Waals surface area contributed by atoms with Crippen LogP contribution >= 0.6 is 0 Å². The van der Waals surface area contributed by atoms with Crippen LogP contribution in [-0.2, 0) is 20.4 Å². The van der Waals surface area contributed by atoms with Crippen molar-refractivity contribution < 1.29 is 23.8 Å². The van der Waals surface area contributed by atoms with Gasteiger partial charge in [-0.3, -0.25) is 4.79 Å². The van der Waals surface area contributed by atoms with Gasteiger partial charge in [-0.2, -0.15) is 0 Å². The zero-order chi connectivity index (χ0) is 28.1. The molecule has 6 atom stereocenters. The molecule has 1 aliphatic carbocycles. The maximum atomic E-state index is 11.8. The molecule has 1 saturated carbocycles. The third-order valence-corrected chi connectivity index (χ3v) is 13.1. The van der Waals surface area contributed by atoms with Crippen LogP contribution in [0.1, 0.15) is 84.3 Å². The Morgan fingerprint density at radius 1 is 1.32 bits per heavy atom. The number of esters is 1. The van der Waals surface area contributed by atoms with Crippen molar-refractivity contribution in [1.82, 2.24) is 0 Å². The molecule has 0 bridgehead atoms. The fraction of sp³-hybridized carbons (Fsp3) is 0.656. The van der Waals surface area contributed by atoms with Crippen molar-refractivity contribution in [3.63, 3.8) is 0 Å². The topological polar surface area (TPSA) is 65.0 Å². The number of fused-ring (bicyclic) bond motifs is 3. The van der Waals surface area contributed by atoms with Gasteiger partial charge in [-0.25, -0.2) is 0 Å². The number of hydrogen-bond donors (Lipinski definition) is 1. The molecule has 0 spiro atoms. The van der Waals surface area contributed by atoms with Gasteiger partial charge < -0.3 is 19.0 Å². The number of ether oxygens (including phenoxy) is 2. The second kappa shape index (κ2) is 12.9. The fourth-order valence-electron chi connectivity index (χ4n) is 5.30. The van der Waals surface area contributed by atoms with E-state index in [1.807, 2.05) is 26.8 Å². The first-order valence-corrected chi connectivity index (χ1v) is 17.2. The molecule has 0 saturated heterocycles. The molecule has 1 aromatic rings. The Labute approximate surface area is 231 Å². The minimum Gasteiger partial charge on any atom is -0.489 e. The SMILES string of the molecule is CC#CC[C@H](C)[C@H](O)/C=C/[C@@H]1[C@H]2c3cccc(CCCC(=O)OCC)c3O[C@H]2C[C@H]1O[Si](C)(C)C(C)(C)C. The molecule has 38 heavy (non-hydrogen) atoms. The normalized spacial score (nSPS) is 24.2. The lowest BCUT2D eigenvalue weighted by atomic mass is 9.86. The first kappa shape index (κ1) is 30.5. The first-order chi connectivity index (χ1) is 17.9. The molecule has 0 aromatic heterocycles. The third kappa shape index (κ3) is 7.11. The van der Waals surface area contributed by atoms with E-state index in [4.69, 9.17) is 13.9 Å². The van der Waals surface area contributed by atoms with E-state index >= 15 is 0 Å². The Hall–Kier alpha value is -2.07. The number of aliphatic hydroxyl groups is 1. The summed E-state index contributed by atoms with van der Waals surface area (Å²) >= 11 is 0. The van der Waals surface area contributed by atoms with Gasteiger partial charge in [-0.15, -0.1) is 11.8 Å². The fourth-order valence-corrected chi connectivity index (χ4v) is 6.66. The van der Waals surface area contributed by atoms with Gasteiger partial charge in [0.25, 0.3) is 0 Å². The Kier molecular flexibility index (Phi) is 10.3. The summed E-state index contributed by atoms with van der Waals surface area (Å²) in [5.74, 6) is 7.20. The summed E-state index contributed by atoms with van der Waals surface area (Å²) in [4.78, 5) is 11.8. The largest absolute Gasteiger partial charge is 0.489 e. The number of para-hydroxylation sites is 1. The van der Waals surface area contributed by atoms with E-state index in [9.17, 15) is 9.90 Å². The van der Waals surface area contributed by atoms with Crippen LogP contribution in [0.25, 0.3) is 0 Å². The van der Waals surface area contributed by atoms with Crippen LogP contribution in [0.5, 0.6) is 5.75 Å². The summed E-state index contributed by atoms with van der Waals surface area (Å²) in [6, 6.07) is 6.40. The zero-order valence-corrected chi connectivity index (χ0v) is 25.7. The molecule has 1 heterocycles. The number of aryl methyl sites for hydroxylation is 1. The molecular weight excluding hydrogens is 492 g/mol. The lowest BCUT2D eigenvalue weighted by Gasteiger charge is -2.40. The van der Waals surface area contributed by atoms with E-state index in [0.29, 0.717) is 19.4 Å². The van der Waals surface area contributed by atoms with Crippen molar-refractivity contribution in [3.05, 3.63) is 41.5 Å². The molecule has 1 aliphatic heterocycles. The molecular formula is C32H48O5Si. The Morgan fingerprint density at radius 3 is 2.71 bits per heavy atom. The van der Waals surface area contributed by atoms with Crippen molar-refractivity contribution in [2.75, 3.05) is 6.61 Å². The average Bonchev–Trinajstić information content (AvgIpc) is 3.36. The van der Waals surface area contributed by atoms with Gasteiger partial charge in [0.05, 0.1) is 18.8 Å². The van der Waals surface area contributed by atoms with Gasteiger partial charge in [0.15, 0.2) is 8.32 Å². The molecule has 210 valence electrons. The first-order valence-electron chi connectivity index (χ1n) is 14.3. The van der Waals surface area contributed by atoms with Gasteiger partial charge >= 0.3 is 5.97 Å². The second-order valence-corrected chi connectivity index (χ2v) is 17.1. The van der Waals surface area contributed by atoms with Crippen molar-refractivity contribution in [2.24, 2.45) is 11.8 Å². The number of carbonyl (C=O) groups excluding carboxylic acids is 1. The van der Waals surface area contributed by atoms with Gasteiger partial charge in [0.1, 0.15) is 11.9 Å². The number of rotatable bonds is 11. The highest BCUT2D eigenvalue weighted by molar-refractivity contribution is 6.74. The van der Waals surface area contributed by atoms with Crippen LogP contribution in [0.2, 0.25) is 18.1 Å². The van der Waals surface area contributed by atoms with Crippen LogP contribution in [0.3, 0.4) is 0 Å². The molecule has 2 aliphatic rings. The predicted molar refractivity (Wildman–Crippen MR) is 156 cm³/mol. The number of benzene rings is 1. The third-order valence-electron chi connectivity index (χ3n) is 8.56. The summed E-state index contributed by atoms with van der Waals surface area (Å²) in [5.41, 5.74) is 2.37. The van der Waals surface area contributed by atoms with Gasteiger partial charge in [-0.1, -0.05) is 58.0 Å². The summed E-state index contributed by atoms with van der Waals surface area (Å²) < 4.78 is 18.7. The van der Waals surface area contributed by atoms with E-state index in [1.165, 1.54) is 5.56 Å². The zero-order valence-electron chi connectivity index (χ0n) is 24.7. The van der Waals surface area contributed by atoms with Gasteiger partial charge in [0, 0.05) is 36.7 Å². The highest BCUT2D eigenvalue weighted by atomic mass is 28.4. The maximum absolute atomic E-state index is 11.8. The van der Waals surface area contributed by atoms with Crippen LogP contribution < -0.4 is 4.74 Å². The molecule has 1 fully saturated rings. The van der Waals surface area contributed by atoms with Crippen LogP contribution in [0.15, 0.2) is 30.4 Å². The summed E-state index contributed by atoms with van der Waals surface area (Å²) in [7, 11) is -2.01. The molecule has 1 aromatic carbocycles. The molecule has 0 radical (unpaired) electrons. The summed E-state index contributed by atoms with van der Waals surface area (Å²) in [6.07, 6.45) is 7.10. The predicted octanol–water partition coefficient (Wildman–Crippen LogP) is 6.79. The van der Waals surface area contributed by atoms with E-state index < -0.39 is 14.4 Å². The Bertz CT molecular complexity index is 1040. The van der Waals surface area contributed by atoms with Crippen molar-refractivity contribution in [2.45, 2.75) is 116 Å². The molecule has 5 nitrogen and oxygen atoms in total. The lowest BCUT2D eigenvalue weighted by molar-refractivity contribution is -0.143. The number of carbonyl (C=O) groups is 1. The van der Waals surface area contributed by atoms with E-state index in [1.54, 1.807) is 0 Å². The van der Waals surface area contributed by atoms with Crippen molar-refractivity contribution in [1.29, 1.82) is 0 Å². The lowest BCUT2D eigenvalue weighted by Crippen LogP contribution is -2.45. The standard InChI is InChI=1S/C32H48O5Si/c1-9-11-14-22(3)26(33)20-19-24-27(37-38(7,8)32(4,5)6)21-28-30(24)25-17-12-15-23(31(25)36-28)16-13-18-29(34)35-10-2/h12,15,17,19-20,22,24,26-28,30,33H,10,13-14,16,18,21H2,1-8H3/b20-19+/t22-,24-,26+,27+,28-,30-/m0/s1. The smallest absolute Gasteiger partial charge is 0.305 e. The highest BCUT2D eigenvalue weighted by Crippen LogP contribution is 2.54. The van der Waals surface area contributed by atoms with Crippen molar-refractivity contribution >= 4 is 14.3 Å². The van der Waals surface area contributed by atoms with Crippen LogP contribution in [0.4, 0.5) is 0 Å². The molecule has 0 amide bonds. The van der Waals surface area contributed by atoms with E-state index in [2.05, 4.69) is 70.0 Å². The number of aliphatic hydroxyl groups excluding tert-OH is 1. The van der Waals surface area contributed by atoms with Gasteiger partial charge in [-0.05, 0) is 56.3 Å². The van der Waals surface area contributed by atoms with E-state index in [-0.39, 0.29) is 41.0 Å².